The van der Waals surface area contributed by atoms with Gasteiger partial charge in [0.1, 0.15) is 14.1 Å². The molecule has 0 fully saturated rings. The maximum atomic E-state index is 13.2. The van der Waals surface area contributed by atoms with Crippen LogP contribution in [0.2, 0.25) is 0 Å². The Morgan fingerprint density at radius 3 is 2.33 bits per heavy atom. The number of nitrogens with one attached hydrogen (secondary N) is 2. The standard InChI is InChI=1S/C21H28N4O3S2/c1-11(2)14-8-7-13(10-22)17(12(3)4)18(14)25-19(26)15-9-16(21(5,6)27)29-20(15)30(23,24)28/h7-9,11-12,27H,1-6H3,(H,25,26)(H3,23,24,28). The molecule has 1 aromatic heterocycles. The summed E-state index contributed by atoms with van der Waals surface area (Å²) in [5.41, 5.74) is 1.30. The number of benzene rings is 1. The van der Waals surface area contributed by atoms with E-state index in [0.717, 1.165) is 22.5 Å². The largest absolute Gasteiger partial charge is 0.385 e. The van der Waals surface area contributed by atoms with Crippen molar-refractivity contribution in [2.75, 3.05) is 5.32 Å². The van der Waals surface area contributed by atoms with E-state index in [-0.39, 0.29) is 21.6 Å². The zero-order valence-corrected chi connectivity index (χ0v) is 19.6. The molecule has 1 aromatic carbocycles. The third-order valence-electron chi connectivity index (χ3n) is 4.66. The first-order valence-electron chi connectivity index (χ1n) is 9.49. The monoisotopic (exact) mass is 448 g/mol. The molecule has 0 saturated heterocycles. The Labute approximate surface area is 182 Å². The summed E-state index contributed by atoms with van der Waals surface area (Å²) in [6.45, 7) is 10.9. The van der Waals surface area contributed by atoms with Crippen molar-refractivity contribution in [1.29, 1.82) is 10.0 Å². The minimum absolute atomic E-state index is 0.00796. The number of anilines is 1. The first-order valence-corrected chi connectivity index (χ1v) is 11.9. The number of nitriles is 1. The molecule has 30 heavy (non-hydrogen) atoms. The number of nitrogens with zero attached hydrogens (tertiary/aromatic N) is 1. The average molecular weight is 449 g/mol. The van der Waals surface area contributed by atoms with Crippen molar-refractivity contribution < 1.29 is 14.1 Å². The van der Waals surface area contributed by atoms with E-state index in [2.05, 4.69) is 11.4 Å². The maximum Gasteiger partial charge on any atom is 0.257 e. The number of carbonyl (C=O) groups excluding carboxylic acids is 1. The zero-order chi connectivity index (χ0) is 23.0. The molecule has 162 valence electrons. The van der Waals surface area contributed by atoms with Gasteiger partial charge in [0, 0.05) is 10.6 Å². The summed E-state index contributed by atoms with van der Waals surface area (Å²) in [5, 5.41) is 28.3. The van der Waals surface area contributed by atoms with E-state index < -0.39 is 21.4 Å². The van der Waals surface area contributed by atoms with Gasteiger partial charge in [-0.1, -0.05) is 33.8 Å². The van der Waals surface area contributed by atoms with E-state index >= 15 is 0 Å². The highest BCUT2D eigenvalue weighted by Gasteiger charge is 2.29. The number of hydrogen-bond acceptors (Lipinski definition) is 6. The van der Waals surface area contributed by atoms with Crippen molar-refractivity contribution in [3.63, 3.8) is 0 Å². The quantitative estimate of drug-likeness (QED) is 0.511. The van der Waals surface area contributed by atoms with E-state index in [1.807, 2.05) is 33.8 Å². The molecular formula is C21H28N4O3S2. The molecule has 1 unspecified atom stereocenters. The lowest BCUT2D eigenvalue weighted by molar-refractivity contribution is 0.0825. The Morgan fingerprint density at radius 2 is 1.90 bits per heavy atom. The predicted octanol–water partition coefficient (Wildman–Crippen LogP) is 4.63. The van der Waals surface area contributed by atoms with Gasteiger partial charge in [0.2, 0.25) is 0 Å². The predicted molar refractivity (Wildman–Crippen MR) is 120 cm³/mol. The zero-order valence-electron chi connectivity index (χ0n) is 18.0. The van der Waals surface area contributed by atoms with Gasteiger partial charge in [-0.3, -0.25) is 4.79 Å². The Balaban J connectivity index is 2.69. The third kappa shape index (κ3) is 4.90. The van der Waals surface area contributed by atoms with Gasteiger partial charge in [-0.05, 0) is 48.9 Å². The van der Waals surface area contributed by atoms with Gasteiger partial charge >= 0.3 is 0 Å². The van der Waals surface area contributed by atoms with Gasteiger partial charge in [0.25, 0.3) is 5.91 Å². The molecule has 2 rings (SSSR count). The molecule has 0 aliphatic rings. The summed E-state index contributed by atoms with van der Waals surface area (Å²) >= 11 is 0.890. The van der Waals surface area contributed by atoms with E-state index in [0.29, 0.717) is 16.1 Å². The van der Waals surface area contributed by atoms with Crippen LogP contribution in [-0.4, -0.2) is 15.2 Å². The van der Waals surface area contributed by atoms with Crippen molar-refractivity contribution in [2.45, 2.75) is 63.2 Å². The molecule has 1 amide bonds. The van der Waals surface area contributed by atoms with Crippen LogP contribution in [0.3, 0.4) is 0 Å². The molecule has 9 heteroatoms. The Bertz CT molecular complexity index is 1120. The van der Waals surface area contributed by atoms with Gasteiger partial charge in [-0.25, -0.2) is 14.1 Å². The fourth-order valence-corrected chi connectivity index (χ4v) is 5.33. The average Bonchev–Trinajstić information content (AvgIpc) is 3.06. The van der Waals surface area contributed by atoms with Gasteiger partial charge in [-0.2, -0.15) is 5.26 Å². The van der Waals surface area contributed by atoms with Crippen molar-refractivity contribution in [3.8, 4) is 6.07 Å². The van der Waals surface area contributed by atoms with Crippen LogP contribution in [0.15, 0.2) is 22.4 Å². The fourth-order valence-electron chi connectivity index (χ4n) is 3.19. The maximum absolute atomic E-state index is 13.2. The Hall–Kier alpha value is -2.25. The van der Waals surface area contributed by atoms with E-state index in [1.54, 1.807) is 6.07 Å². The lowest BCUT2D eigenvalue weighted by atomic mass is 9.89. The summed E-state index contributed by atoms with van der Waals surface area (Å²) in [6, 6.07) is 7.17. The highest BCUT2D eigenvalue weighted by molar-refractivity contribution is 7.92. The second kappa shape index (κ2) is 8.47. The summed E-state index contributed by atoms with van der Waals surface area (Å²) in [6.07, 6.45) is 0. The molecule has 5 N–H and O–H groups in total. The molecule has 0 spiro atoms. The van der Waals surface area contributed by atoms with Crippen molar-refractivity contribution in [2.24, 2.45) is 5.14 Å². The van der Waals surface area contributed by atoms with Crippen molar-refractivity contribution >= 4 is 32.8 Å². The minimum Gasteiger partial charge on any atom is -0.385 e. The summed E-state index contributed by atoms with van der Waals surface area (Å²) in [5.74, 6) is -0.534. The smallest absolute Gasteiger partial charge is 0.257 e. The van der Waals surface area contributed by atoms with Gasteiger partial charge in [0.05, 0.1) is 22.8 Å². The first kappa shape index (κ1) is 24.0. The molecule has 0 aliphatic heterocycles. The molecule has 0 bridgehead atoms. The molecule has 1 heterocycles. The third-order valence-corrected chi connectivity index (χ3v) is 7.66. The van der Waals surface area contributed by atoms with Gasteiger partial charge < -0.3 is 10.4 Å². The summed E-state index contributed by atoms with van der Waals surface area (Å²) < 4.78 is 20.0. The summed E-state index contributed by atoms with van der Waals surface area (Å²) in [4.78, 5) is 13.6. The van der Waals surface area contributed by atoms with Crippen LogP contribution in [0.25, 0.3) is 0 Å². The van der Waals surface area contributed by atoms with Crippen LogP contribution < -0.4 is 10.5 Å². The normalized spacial score (nSPS) is 13.9. The number of rotatable bonds is 6. The van der Waals surface area contributed by atoms with E-state index in [1.165, 1.54) is 19.9 Å². The SMILES string of the molecule is CC(C)c1ccc(C#N)c(C(C)C)c1NC(=O)c1cc(C(C)(C)O)sc1S(=N)(N)=O. The lowest BCUT2D eigenvalue weighted by Gasteiger charge is -2.21. The topological polar surface area (TPSA) is 140 Å². The molecule has 2 aromatic rings. The second-order valence-electron chi connectivity index (χ2n) is 8.34. The van der Waals surface area contributed by atoms with Gasteiger partial charge in [0.15, 0.2) is 0 Å². The number of nitrogens with two attached hydrogens (primary N) is 1. The van der Waals surface area contributed by atoms with Crippen LogP contribution in [0, 0.1) is 16.1 Å². The van der Waals surface area contributed by atoms with Crippen LogP contribution in [0.1, 0.15) is 85.3 Å². The van der Waals surface area contributed by atoms with Crippen molar-refractivity contribution in [3.05, 3.63) is 45.3 Å². The fraction of sp³-hybridized carbons (Fsp3) is 0.429. The number of amides is 1. The highest BCUT2D eigenvalue weighted by Crippen LogP contribution is 2.37. The van der Waals surface area contributed by atoms with Crippen LogP contribution in [-0.2, 0) is 15.5 Å². The van der Waals surface area contributed by atoms with Crippen LogP contribution in [0.4, 0.5) is 5.69 Å². The number of hydrogen-bond donors (Lipinski definition) is 4. The Morgan fingerprint density at radius 1 is 1.30 bits per heavy atom. The summed E-state index contributed by atoms with van der Waals surface area (Å²) in [7, 11) is -3.68. The Kier molecular flexibility index (Phi) is 6.79. The van der Waals surface area contributed by atoms with Crippen LogP contribution >= 0.6 is 11.3 Å². The van der Waals surface area contributed by atoms with E-state index in [9.17, 15) is 19.4 Å². The highest BCUT2D eigenvalue weighted by atomic mass is 32.2. The number of carbonyl (C=O) groups is 1. The number of aliphatic hydroxyl groups is 1. The van der Waals surface area contributed by atoms with E-state index in [4.69, 9.17) is 9.92 Å². The molecule has 0 radical (unpaired) electrons. The molecule has 0 aliphatic carbocycles. The first-order chi connectivity index (χ1) is 13.7. The van der Waals surface area contributed by atoms with Crippen molar-refractivity contribution in [1.82, 2.24) is 0 Å². The van der Waals surface area contributed by atoms with Crippen LogP contribution in [0.5, 0.6) is 0 Å². The molecule has 0 saturated carbocycles. The minimum atomic E-state index is -3.68. The molecule has 7 nitrogen and oxygen atoms in total. The second-order valence-corrected chi connectivity index (χ2v) is 11.3. The van der Waals surface area contributed by atoms with Gasteiger partial charge in [-0.15, -0.1) is 11.3 Å². The molecular weight excluding hydrogens is 420 g/mol. The molecule has 1 atom stereocenters. The lowest BCUT2D eigenvalue weighted by Crippen LogP contribution is -2.20. The number of thiophene rings is 1.